The molecule has 100 valence electrons. The summed E-state index contributed by atoms with van der Waals surface area (Å²) in [4.78, 5) is 11.4. The number of hydrogen-bond donors (Lipinski definition) is 2. The van der Waals surface area contributed by atoms with Gasteiger partial charge in [0.1, 0.15) is 0 Å². The van der Waals surface area contributed by atoms with Crippen molar-refractivity contribution in [2.24, 2.45) is 0 Å². The summed E-state index contributed by atoms with van der Waals surface area (Å²) in [6.07, 6.45) is 0.202. The lowest BCUT2D eigenvalue weighted by atomic mass is 10.2. The largest absolute Gasteiger partial charge is 0.391 e. The number of rotatable bonds is 7. The molecule has 1 unspecified atom stereocenters. The summed E-state index contributed by atoms with van der Waals surface area (Å²) in [6.45, 7) is 2.21. The van der Waals surface area contributed by atoms with E-state index in [1.165, 1.54) is 0 Å². The fraction of sp³-hybridized carbons (Fsp3) is 0.462. The van der Waals surface area contributed by atoms with Crippen LogP contribution in [0.3, 0.4) is 0 Å². The lowest BCUT2D eigenvalue weighted by Gasteiger charge is -2.09. The molecule has 0 bridgehead atoms. The van der Waals surface area contributed by atoms with Crippen LogP contribution in [0.25, 0.3) is 0 Å². The number of aliphatic hydroxyl groups excluding tert-OH is 1. The van der Waals surface area contributed by atoms with Crippen LogP contribution in [0.5, 0.6) is 0 Å². The predicted octanol–water partition coefficient (Wildman–Crippen LogP) is 2.46. The Bertz CT molecular complexity index is 370. The highest BCUT2D eigenvalue weighted by Gasteiger charge is 2.05. The van der Waals surface area contributed by atoms with E-state index in [1.807, 2.05) is 31.2 Å². The Hall–Kier alpha value is -0.710. The van der Waals surface area contributed by atoms with Crippen molar-refractivity contribution in [3.8, 4) is 0 Å². The van der Waals surface area contributed by atoms with Crippen molar-refractivity contribution in [3.05, 3.63) is 34.9 Å². The van der Waals surface area contributed by atoms with E-state index < -0.39 is 6.10 Å². The number of halogens is 1. The molecule has 0 aliphatic carbocycles. The summed E-state index contributed by atoms with van der Waals surface area (Å²) >= 11 is 7.33. The molecule has 1 rings (SSSR count). The second kappa shape index (κ2) is 8.40. The average molecular weight is 288 g/mol. The van der Waals surface area contributed by atoms with Gasteiger partial charge in [-0.05, 0) is 24.1 Å². The monoisotopic (exact) mass is 287 g/mol. The molecule has 18 heavy (non-hydrogen) atoms. The maximum atomic E-state index is 11.4. The highest BCUT2D eigenvalue weighted by Crippen LogP contribution is 2.15. The number of nitrogens with one attached hydrogen (secondary N) is 1. The first-order valence-corrected chi connectivity index (χ1v) is 7.42. The Morgan fingerprint density at radius 3 is 2.72 bits per heavy atom. The van der Waals surface area contributed by atoms with Gasteiger partial charge in [-0.1, -0.05) is 30.7 Å². The second-order valence-corrected chi connectivity index (χ2v) is 5.41. The third kappa shape index (κ3) is 6.28. The molecule has 0 radical (unpaired) electrons. The van der Waals surface area contributed by atoms with Crippen molar-refractivity contribution in [1.29, 1.82) is 0 Å². The summed E-state index contributed by atoms with van der Waals surface area (Å²) in [6, 6.07) is 7.59. The average Bonchev–Trinajstić information content (AvgIpc) is 2.38. The van der Waals surface area contributed by atoms with Gasteiger partial charge in [-0.2, -0.15) is 0 Å². The lowest BCUT2D eigenvalue weighted by Crippen LogP contribution is -2.32. The summed E-state index contributed by atoms with van der Waals surface area (Å²) in [5.41, 5.74) is 1.14. The molecule has 3 nitrogen and oxygen atoms in total. The Balaban J connectivity index is 2.17. The maximum absolute atomic E-state index is 11.4. The zero-order chi connectivity index (χ0) is 13.4. The Morgan fingerprint density at radius 1 is 1.44 bits per heavy atom. The van der Waals surface area contributed by atoms with Crippen LogP contribution < -0.4 is 5.32 Å². The van der Waals surface area contributed by atoms with E-state index in [0.717, 1.165) is 16.3 Å². The van der Waals surface area contributed by atoms with Crippen LogP contribution in [0.4, 0.5) is 0 Å². The first kappa shape index (κ1) is 15.3. The zero-order valence-corrected chi connectivity index (χ0v) is 11.9. The molecule has 5 heteroatoms. The Kier molecular flexibility index (Phi) is 7.16. The number of amides is 1. The first-order valence-electron chi connectivity index (χ1n) is 5.88. The fourth-order valence-electron chi connectivity index (χ4n) is 1.27. The zero-order valence-electron chi connectivity index (χ0n) is 10.4. The molecule has 0 saturated heterocycles. The quantitative estimate of drug-likeness (QED) is 0.810. The van der Waals surface area contributed by atoms with E-state index in [4.69, 9.17) is 11.6 Å². The van der Waals surface area contributed by atoms with Gasteiger partial charge in [0.2, 0.25) is 5.91 Å². The van der Waals surface area contributed by atoms with Gasteiger partial charge in [-0.3, -0.25) is 4.79 Å². The fourth-order valence-corrected chi connectivity index (χ4v) is 2.21. The molecule has 1 aromatic carbocycles. The van der Waals surface area contributed by atoms with E-state index in [1.54, 1.807) is 11.8 Å². The van der Waals surface area contributed by atoms with Crippen molar-refractivity contribution < 1.29 is 9.90 Å². The third-order valence-corrected chi connectivity index (χ3v) is 3.68. The molecule has 2 N–H and O–H groups in total. The summed E-state index contributed by atoms with van der Waals surface area (Å²) in [5.74, 6) is 1.14. The molecular formula is C13H18ClNO2S. The molecule has 0 saturated carbocycles. The number of benzene rings is 1. The van der Waals surface area contributed by atoms with Crippen LogP contribution in [0.2, 0.25) is 5.02 Å². The minimum absolute atomic E-state index is 0.0403. The Morgan fingerprint density at radius 2 is 2.11 bits per heavy atom. The standard InChI is InChI=1S/C13H18ClNO2S/c1-2-12(16)7-15-13(17)9-18-8-10-3-5-11(14)6-4-10/h3-6,12,16H,2,7-9H2,1H3,(H,15,17). The van der Waals surface area contributed by atoms with Gasteiger partial charge >= 0.3 is 0 Å². The molecule has 1 atom stereocenters. The number of carbonyl (C=O) groups excluding carboxylic acids is 1. The highest BCUT2D eigenvalue weighted by molar-refractivity contribution is 7.99. The van der Waals surface area contributed by atoms with Crippen LogP contribution in [0.15, 0.2) is 24.3 Å². The van der Waals surface area contributed by atoms with Crippen molar-refractivity contribution >= 4 is 29.3 Å². The van der Waals surface area contributed by atoms with Gasteiger partial charge in [-0.25, -0.2) is 0 Å². The van der Waals surface area contributed by atoms with Crippen LogP contribution in [0.1, 0.15) is 18.9 Å². The van der Waals surface area contributed by atoms with Gasteiger partial charge in [0.25, 0.3) is 0 Å². The normalized spacial score (nSPS) is 12.2. The van der Waals surface area contributed by atoms with Gasteiger partial charge < -0.3 is 10.4 Å². The van der Waals surface area contributed by atoms with Gasteiger partial charge in [0.15, 0.2) is 0 Å². The molecule has 0 fully saturated rings. The third-order valence-electron chi connectivity index (χ3n) is 2.42. The lowest BCUT2D eigenvalue weighted by molar-refractivity contribution is -0.119. The van der Waals surface area contributed by atoms with Gasteiger partial charge in [0, 0.05) is 17.3 Å². The van der Waals surface area contributed by atoms with Gasteiger partial charge in [-0.15, -0.1) is 11.8 Å². The van der Waals surface area contributed by atoms with E-state index in [2.05, 4.69) is 5.32 Å². The van der Waals surface area contributed by atoms with E-state index in [-0.39, 0.29) is 5.91 Å². The number of hydrogen-bond acceptors (Lipinski definition) is 3. The van der Waals surface area contributed by atoms with Crippen molar-refractivity contribution in [3.63, 3.8) is 0 Å². The van der Waals surface area contributed by atoms with Gasteiger partial charge in [0.05, 0.1) is 11.9 Å². The molecule has 0 heterocycles. The Labute approximate surface area is 117 Å². The number of thioether (sulfide) groups is 1. The van der Waals surface area contributed by atoms with Crippen molar-refractivity contribution in [1.82, 2.24) is 5.32 Å². The van der Waals surface area contributed by atoms with E-state index in [9.17, 15) is 9.90 Å². The molecule has 0 spiro atoms. The predicted molar refractivity (Wildman–Crippen MR) is 76.9 cm³/mol. The van der Waals surface area contributed by atoms with Crippen LogP contribution in [-0.2, 0) is 10.5 Å². The molecule has 0 aliphatic rings. The SMILES string of the molecule is CCC(O)CNC(=O)CSCc1ccc(Cl)cc1. The summed E-state index contributed by atoms with van der Waals surface area (Å²) < 4.78 is 0. The molecule has 1 aromatic rings. The van der Waals surface area contributed by atoms with Crippen molar-refractivity contribution in [2.45, 2.75) is 25.2 Å². The molecule has 1 amide bonds. The second-order valence-electron chi connectivity index (χ2n) is 3.99. The minimum atomic E-state index is -0.449. The van der Waals surface area contributed by atoms with E-state index >= 15 is 0 Å². The van der Waals surface area contributed by atoms with Crippen LogP contribution in [-0.4, -0.2) is 29.4 Å². The van der Waals surface area contributed by atoms with Crippen LogP contribution >= 0.6 is 23.4 Å². The minimum Gasteiger partial charge on any atom is -0.391 e. The molecule has 0 aromatic heterocycles. The van der Waals surface area contributed by atoms with E-state index in [0.29, 0.717) is 18.7 Å². The molecular weight excluding hydrogens is 270 g/mol. The van der Waals surface area contributed by atoms with Crippen molar-refractivity contribution in [2.75, 3.05) is 12.3 Å². The first-order chi connectivity index (χ1) is 8.61. The number of carbonyl (C=O) groups is 1. The van der Waals surface area contributed by atoms with Crippen LogP contribution in [0, 0.1) is 0 Å². The summed E-state index contributed by atoms with van der Waals surface area (Å²) in [5, 5.41) is 12.7. The summed E-state index contributed by atoms with van der Waals surface area (Å²) in [7, 11) is 0. The number of aliphatic hydroxyl groups is 1. The molecule has 0 aliphatic heterocycles. The maximum Gasteiger partial charge on any atom is 0.230 e. The topological polar surface area (TPSA) is 49.3 Å². The highest BCUT2D eigenvalue weighted by atomic mass is 35.5. The smallest absolute Gasteiger partial charge is 0.230 e.